The van der Waals surface area contributed by atoms with Crippen LogP contribution < -0.4 is 10.6 Å². The molecule has 0 spiro atoms. The maximum Gasteiger partial charge on any atom is 0.287 e. The molecule has 0 aliphatic carbocycles. The van der Waals surface area contributed by atoms with Gasteiger partial charge in [0.25, 0.3) is 11.8 Å². The minimum atomic E-state index is -0.329. The molecule has 0 atom stereocenters. The third-order valence-corrected chi connectivity index (χ3v) is 4.15. The number of benzene rings is 1. The minimum Gasteiger partial charge on any atom is -0.349 e. The lowest BCUT2D eigenvalue weighted by molar-refractivity contribution is 0.0942. The van der Waals surface area contributed by atoms with E-state index in [0.29, 0.717) is 12.1 Å². The molecule has 2 amide bonds. The monoisotopic (exact) mass is 350 g/mol. The summed E-state index contributed by atoms with van der Waals surface area (Å²) in [4.78, 5) is 29.5. The zero-order valence-electron chi connectivity index (χ0n) is 15.0. The zero-order chi connectivity index (χ0) is 18.5. The topological polar surface area (TPSA) is 75.5 Å². The first-order valence-electron chi connectivity index (χ1n) is 8.80. The number of imidazole rings is 1. The maximum absolute atomic E-state index is 12.8. The lowest BCUT2D eigenvalue weighted by atomic mass is 10.1. The maximum atomic E-state index is 12.8. The standard InChI is InChI=1S/C20H22N4O2/c1-3-12-21-20(26)18-23-17(16-11-7-8-13-24(16)18)19(25)22-15-10-6-5-9-14(15)4-2/h5-11,13H,3-4,12H2,1-2H3,(H,21,26)(H,22,25). The van der Waals surface area contributed by atoms with Gasteiger partial charge in [0.1, 0.15) is 0 Å². The summed E-state index contributed by atoms with van der Waals surface area (Å²) >= 11 is 0. The van der Waals surface area contributed by atoms with Crippen molar-refractivity contribution in [1.82, 2.24) is 14.7 Å². The van der Waals surface area contributed by atoms with Crippen molar-refractivity contribution in [3.63, 3.8) is 0 Å². The number of anilines is 1. The van der Waals surface area contributed by atoms with Crippen LogP contribution in [0.3, 0.4) is 0 Å². The SMILES string of the molecule is CCCNC(=O)c1nc(C(=O)Nc2ccccc2CC)c2ccccn12. The van der Waals surface area contributed by atoms with Crippen molar-refractivity contribution in [1.29, 1.82) is 0 Å². The molecule has 3 rings (SSSR count). The van der Waals surface area contributed by atoms with E-state index in [1.807, 2.05) is 44.2 Å². The Morgan fingerprint density at radius 3 is 2.58 bits per heavy atom. The Kier molecular flexibility index (Phi) is 5.31. The summed E-state index contributed by atoms with van der Waals surface area (Å²) in [6.07, 6.45) is 3.38. The second-order valence-electron chi connectivity index (χ2n) is 5.96. The van der Waals surface area contributed by atoms with Gasteiger partial charge in [0.15, 0.2) is 5.69 Å². The van der Waals surface area contributed by atoms with Gasteiger partial charge in [-0.05, 0) is 36.6 Å². The van der Waals surface area contributed by atoms with Crippen LogP contribution in [0, 0.1) is 0 Å². The number of carbonyl (C=O) groups is 2. The van der Waals surface area contributed by atoms with Crippen molar-refractivity contribution < 1.29 is 9.59 Å². The normalized spacial score (nSPS) is 10.7. The fraction of sp³-hybridized carbons (Fsp3) is 0.250. The average Bonchev–Trinajstić information content (AvgIpc) is 3.06. The van der Waals surface area contributed by atoms with Crippen LogP contribution in [0.5, 0.6) is 0 Å². The van der Waals surface area contributed by atoms with Crippen molar-refractivity contribution in [2.24, 2.45) is 0 Å². The minimum absolute atomic E-state index is 0.211. The van der Waals surface area contributed by atoms with Crippen LogP contribution in [0.25, 0.3) is 5.52 Å². The summed E-state index contributed by atoms with van der Waals surface area (Å²) < 4.78 is 1.64. The van der Waals surface area contributed by atoms with Gasteiger partial charge >= 0.3 is 0 Å². The fourth-order valence-electron chi connectivity index (χ4n) is 2.81. The Morgan fingerprint density at radius 2 is 1.81 bits per heavy atom. The van der Waals surface area contributed by atoms with Crippen molar-refractivity contribution in [3.8, 4) is 0 Å². The Balaban J connectivity index is 1.97. The van der Waals surface area contributed by atoms with Crippen LogP contribution >= 0.6 is 0 Å². The first-order chi connectivity index (χ1) is 12.7. The average molecular weight is 350 g/mol. The third-order valence-electron chi connectivity index (χ3n) is 4.15. The molecule has 6 nitrogen and oxygen atoms in total. The first-order valence-corrected chi connectivity index (χ1v) is 8.80. The molecule has 1 aromatic carbocycles. The van der Waals surface area contributed by atoms with Gasteiger partial charge in [-0.15, -0.1) is 0 Å². The van der Waals surface area contributed by atoms with Gasteiger partial charge in [-0.25, -0.2) is 4.98 Å². The van der Waals surface area contributed by atoms with Crippen LogP contribution in [0.4, 0.5) is 5.69 Å². The number of rotatable bonds is 6. The number of carbonyl (C=O) groups excluding carboxylic acids is 2. The smallest absolute Gasteiger partial charge is 0.287 e. The highest BCUT2D eigenvalue weighted by molar-refractivity contribution is 6.09. The predicted octanol–water partition coefficient (Wildman–Crippen LogP) is 3.29. The number of hydrogen-bond acceptors (Lipinski definition) is 3. The molecule has 0 saturated carbocycles. The molecule has 0 radical (unpaired) electrons. The molecule has 2 N–H and O–H groups in total. The van der Waals surface area contributed by atoms with Gasteiger partial charge in [0.2, 0.25) is 5.82 Å². The molecule has 134 valence electrons. The quantitative estimate of drug-likeness (QED) is 0.716. The van der Waals surface area contributed by atoms with Gasteiger partial charge in [0.05, 0.1) is 5.52 Å². The molecule has 2 heterocycles. The highest BCUT2D eigenvalue weighted by Gasteiger charge is 2.21. The summed E-state index contributed by atoms with van der Waals surface area (Å²) in [5.74, 6) is -0.409. The van der Waals surface area contributed by atoms with Crippen LogP contribution in [0.1, 0.15) is 46.9 Å². The van der Waals surface area contributed by atoms with E-state index in [9.17, 15) is 9.59 Å². The molecule has 6 heteroatoms. The summed E-state index contributed by atoms with van der Waals surface area (Å²) in [5, 5.41) is 5.73. The van der Waals surface area contributed by atoms with Crippen molar-refractivity contribution in [2.75, 3.05) is 11.9 Å². The van der Waals surface area contributed by atoms with Gasteiger partial charge < -0.3 is 10.6 Å². The first kappa shape index (κ1) is 17.7. The largest absolute Gasteiger partial charge is 0.349 e. The van der Waals surface area contributed by atoms with Crippen molar-refractivity contribution in [3.05, 3.63) is 65.7 Å². The van der Waals surface area contributed by atoms with E-state index in [1.165, 1.54) is 0 Å². The summed E-state index contributed by atoms with van der Waals surface area (Å²) in [5.41, 5.74) is 2.64. The van der Waals surface area contributed by atoms with Gasteiger partial charge in [0, 0.05) is 18.4 Å². The number of para-hydroxylation sites is 1. The highest BCUT2D eigenvalue weighted by Crippen LogP contribution is 2.19. The molecule has 2 aromatic heterocycles. The van der Waals surface area contributed by atoms with E-state index in [4.69, 9.17) is 0 Å². The summed E-state index contributed by atoms with van der Waals surface area (Å²) in [7, 11) is 0. The van der Waals surface area contributed by atoms with Crippen LogP contribution in [-0.2, 0) is 6.42 Å². The number of nitrogens with one attached hydrogen (secondary N) is 2. The molecule has 26 heavy (non-hydrogen) atoms. The Hall–Kier alpha value is -3.15. The van der Waals surface area contributed by atoms with Crippen LogP contribution in [0.15, 0.2) is 48.7 Å². The second-order valence-corrected chi connectivity index (χ2v) is 5.96. The van der Waals surface area contributed by atoms with Gasteiger partial charge in [-0.1, -0.05) is 38.1 Å². The molecular formula is C20H22N4O2. The number of hydrogen-bond donors (Lipinski definition) is 2. The molecular weight excluding hydrogens is 328 g/mol. The fourth-order valence-corrected chi connectivity index (χ4v) is 2.81. The Bertz CT molecular complexity index is 946. The van der Waals surface area contributed by atoms with E-state index in [2.05, 4.69) is 15.6 Å². The summed E-state index contributed by atoms with van der Waals surface area (Å²) in [6, 6.07) is 13.1. The second kappa shape index (κ2) is 7.82. The number of amides is 2. The lowest BCUT2D eigenvalue weighted by Crippen LogP contribution is -2.26. The number of pyridine rings is 1. The van der Waals surface area contributed by atoms with E-state index >= 15 is 0 Å². The van der Waals surface area contributed by atoms with Crippen LogP contribution in [-0.4, -0.2) is 27.7 Å². The third kappa shape index (κ3) is 3.44. The van der Waals surface area contributed by atoms with E-state index < -0.39 is 0 Å². The molecule has 0 fully saturated rings. The molecule has 3 aromatic rings. The Morgan fingerprint density at radius 1 is 1.04 bits per heavy atom. The van der Waals surface area contributed by atoms with E-state index in [-0.39, 0.29) is 23.3 Å². The number of nitrogens with zero attached hydrogens (tertiary/aromatic N) is 2. The lowest BCUT2D eigenvalue weighted by Gasteiger charge is -2.08. The molecule has 0 bridgehead atoms. The number of aryl methyl sites for hydroxylation is 1. The van der Waals surface area contributed by atoms with Crippen molar-refractivity contribution in [2.45, 2.75) is 26.7 Å². The zero-order valence-corrected chi connectivity index (χ0v) is 15.0. The highest BCUT2D eigenvalue weighted by atomic mass is 16.2. The van der Waals surface area contributed by atoms with Gasteiger partial charge in [-0.3, -0.25) is 14.0 Å². The molecule has 0 saturated heterocycles. The number of fused-ring (bicyclic) bond motifs is 1. The summed E-state index contributed by atoms with van der Waals surface area (Å²) in [6.45, 7) is 4.58. The number of aromatic nitrogens is 2. The predicted molar refractivity (Wildman–Crippen MR) is 102 cm³/mol. The van der Waals surface area contributed by atoms with E-state index in [0.717, 1.165) is 24.1 Å². The van der Waals surface area contributed by atoms with Crippen molar-refractivity contribution >= 4 is 23.0 Å². The Labute approximate surface area is 152 Å². The van der Waals surface area contributed by atoms with Crippen LogP contribution in [0.2, 0.25) is 0 Å². The van der Waals surface area contributed by atoms with E-state index in [1.54, 1.807) is 22.7 Å². The molecule has 0 aliphatic heterocycles. The molecule has 0 aliphatic rings. The van der Waals surface area contributed by atoms with Gasteiger partial charge in [-0.2, -0.15) is 0 Å². The molecule has 0 unspecified atom stereocenters.